The Morgan fingerprint density at radius 3 is 2.03 bits per heavy atom. The molecule has 0 aliphatic carbocycles. The zero-order chi connectivity index (χ0) is 25.6. The third-order valence-electron chi connectivity index (χ3n) is 6.51. The van der Waals surface area contributed by atoms with Gasteiger partial charge in [0.05, 0.1) is 31.2 Å². The van der Waals surface area contributed by atoms with E-state index in [1.807, 2.05) is 48.5 Å². The number of ether oxygens (including phenoxy) is 2. The van der Waals surface area contributed by atoms with Gasteiger partial charge in [0, 0.05) is 5.56 Å². The van der Waals surface area contributed by atoms with E-state index in [9.17, 15) is 4.79 Å². The number of carbonyl (C=O) groups excluding carboxylic acids is 1. The van der Waals surface area contributed by atoms with E-state index >= 15 is 0 Å². The van der Waals surface area contributed by atoms with Crippen LogP contribution in [0.15, 0.2) is 60.9 Å². The average molecular weight is 489 g/mol. The van der Waals surface area contributed by atoms with Crippen molar-refractivity contribution in [3.05, 3.63) is 66.5 Å². The van der Waals surface area contributed by atoms with Crippen LogP contribution in [0.25, 0.3) is 22.5 Å². The minimum atomic E-state index is -0.258. The molecule has 3 rings (SSSR count). The number of unbranched alkanes of at least 4 members (excludes halogenated alkanes) is 4. The number of hydrogen-bond acceptors (Lipinski definition) is 5. The Bertz CT molecular complexity index is 1030. The van der Waals surface area contributed by atoms with Gasteiger partial charge in [-0.25, -0.2) is 14.8 Å². The standard InChI is InChI=1S/C31H40N2O3/c1-4-6-7-9-20-35-29-22-32-30(33-23-29)27-16-12-25(13-17-27)26-14-18-28(19-15-26)31(34)36-21-10-8-11-24(3)5-2/h12-19,22-24H,4-11,20-21H2,1-3H3/t24-/m0/s1. The lowest BCUT2D eigenvalue weighted by Gasteiger charge is -2.09. The summed E-state index contributed by atoms with van der Waals surface area (Å²) in [5.41, 5.74) is 3.63. The Morgan fingerprint density at radius 2 is 1.39 bits per heavy atom. The maximum atomic E-state index is 12.3. The van der Waals surface area contributed by atoms with E-state index in [-0.39, 0.29) is 5.97 Å². The second-order valence-electron chi connectivity index (χ2n) is 9.45. The van der Waals surface area contributed by atoms with Crippen LogP contribution in [0, 0.1) is 5.92 Å². The van der Waals surface area contributed by atoms with Crippen LogP contribution in [0.3, 0.4) is 0 Å². The summed E-state index contributed by atoms with van der Waals surface area (Å²) < 4.78 is 11.2. The normalized spacial score (nSPS) is 11.8. The fourth-order valence-corrected chi connectivity index (χ4v) is 3.92. The first-order valence-electron chi connectivity index (χ1n) is 13.4. The Kier molecular flexibility index (Phi) is 11.4. The third-order valence-corrected chi connectivity index (χ3v) is 6.51. The highest BCUT2D eigenvalue weighted by molar-refractivity contribution is 5.90. The van der Waals surface area contributed by atoms with Gasteiger partial charge in [0.15, 0.2) is 11.6 Å². The van der Waals surface area contributed by atoms with E-state index in [4.69, 9.17) is 9.47 Å². The molecule has 0 saturated heterocycles. The van der Waals surface area contributed by atoms with Crippen LogP contribution in [0.2, 0.25) is 0 Å². The van der Waals surface area contributed by atoms with Crippen molar-refractivity contribution in [2.45, 2.75) is 72.1 Å². The fraction of sp³-hybridized carbons (Fsp3) is 0.452. The summed E-state index contributed by atoms with van der Waals surface area (Å²) in [5.74, 6) is 1.85. The van der Waals surface area contributed by atoms with E-state index in [0.29, 0.717) is 30.4 Å². The first-order valence-corrected chi connectivity index (χ1v) is 13.4. The summed E-state index contributed by atoms with van der Waals surface area (Å²) in [6.45, 7) is 7.85. The van der Waals surface area contributed by atoms with Crippen LogP contribution in [0.1, 0.15) is 82.5 Å². The number of hydrogen-bond donors (Lipinski definition) is 0. The zero-order valence-corrected chi connectivity index (χ0v) is 22.0. The van der Waals surface area contributed by atoms with Gasteiger partial charge in [-0.15, -0.1) is 0 Å². The van der Waals surface area contributed by atoms with Crippen molar-refractivity contribution >= 4 is 5.97 Å². The molecule has 1 heterocycles. The Morgan fingerprint density at radius 1 is 0.778 bits per heavy atom. The smallest absolute Gasteiger partial charge is 0.338 e. The maximum Gasteiger partial charge on any atom is 0.338 e. The van der Waals surface area contributed by atoms with Crippen molar-refractivity contribution in [1.82, 2.24) is 9.97 Å². The second-order valence-corrected chi connectivity index (χ2v) is 9.45. The van der Waals surface area contributed by atoms with Crippen LogP contribution in [-0.4, -0.2) is 29.2 Å². The summed E-state index contributed by atoms with van der Waals surface area (Å²) in [6, 6.07) is 15.7. The van der Waals surface area contributed by atoms with E-state index in [1.54, 1.807) is 12.4 Å². The highest BCUT2D eigenvalue weighted by Gasteiger charge is 2.09. The van der Waals surface area contributed by atoms with Gasteiger partial charge >= 0.3 is 5.97 Å². The van der Waals surface area contributed by atoms with Crippen LogP contribution < -0.4 is 4.74 Å². The summed E-state index contributed by atoms with van der Waals surface area (Å²) >= 11 is 0. The maximum absolute atomic E-state index is 12.3. The van der Waals surface area contributed by atoms with Gasteiger partial charge in [-0.2, -0.15) is 0 Å². The lowest BCUT2D eigenvalue weighted by molar-refractivity contribution is 0.0497. The summed E-state index contributed by atoms with van der Waals surface area (Å²) in [5, 5.41) is 0. The number of rotatable bonds is 15. The molecule has 0 aliphatic rings. The molecule has 0 fully saturated rings. The number of nitrogens with zero attached hydrogens (tertiary/aromatic N) is 2. The topological polar surface area (TPSA) is 61.3 Å². The largest absolute Gasteiger partial charge is 0.490 e. The molecule has 3 aromatic rings. The third kappa shape index (κ3) is 8.78. The highest BCUT2D eigenvalue weighted by atomic mass is 16.5. The van der Waals surface area contributed by atoms with Gasteiger partial charge in [-0.05, 0) is 48.4 Å². The van der Waals surface area contributed by atoms with Crippen LogP contribution in [0.5, 0.6) is 5.75 Å². The molecule has 192 valence electrons. The minimum Gasteiger partial charge on any atom is -0.490 e. The average Bonchev–Trinajstić information content (AvgIpc) is 2.93. The van der Waals surface area contributed by atoms with Gasteiger partial charge < -0.3 is 9.47 Å². The second kappa shape index (κ2) is 15.0. The number of esters is 1. The van der Waals surface area contributed by atoms with Crippen molar-refractivity contribution in [3.8, 4) is 28.3 Å². The van der Waals surface area contributed by atoms with Crippen LogP contribution >= 0.6 is 0 Å². The molecule has 0 unspecified atom stereocenters. The molecule has 1 atom stereocenters. The molecule has 5 heteroatoms. The molecule has 0 bridgehead atoms. The van der Waals surface area contributed by atoms with Crippen molar-refractivity contribution in [2.24, 2.45) is 5.92 Å². The van der Waals surface area contributed by atoms with Crippen molar-refractivity contribution < 1.29 is 14.3 Å². The Labute approximate surface area is 216 Å². The molecule has 0 spiro atoms. The van der Waals surface area contributed by atoms with Gasteiger partial charge in [0.1, 0.15) is 0 Å². The molecule has 0 aliphatic heterocycles. The van der Waals surface area contributed by atoms with E-state index in [1.165, 1.54) is 32.1 Å². The molecule has 0 radical (unpaired) electrons. The van der Waals surface area contributed by atoms with Crippen molar-refractivity contribution in [2.75, 3.05) is 13.2 Å². The Hall–Kier alpha value is -3.21. The summed E-state index contributed by atoms with van der Waals surface area (Å²) in [4.78, 5) is 21.2. The predicted molar refractivity (Wildman–Crippen MR) is 146 cm³/mol. The van der Waals surface area contributed by atoms with Gasteiger partial charge in [0.2, 0.25) is 0 Å². The lowest BCUT2D eigenvalue weighted by atomic mass is 10.0. The first-order chi connectivity index (χ1) is 17.6. The molecule has 0 amide bonds. The van der Waals surface area contributed by atoms with Gasteiger partial charge in [-0.3, -0.25) is 0 Å². The summed E-state index contributed by atoms with van der Waals surface area (Å²) in [6.07, 6.45) is 12.6. The number of benzene rings is 2. The molecule has 0 saturated carbocycles. The van der Waals surface area contributed by atoms with Crippen LogP contribution in [0.4, 0.5) is 0 Å². The molecule has 5 nitrogen and oxygen atoms in total. The van der Waals surface area contributed by atoms with Crippen molar-refractivity contribution in [1.29, 1.82) is 0 Å². The van der Waals surface area contributed by atoms with Gasteiger partial charge in [-0.1, -0.05) is 89.3 Å². The van der Waals surface area contributed by atoms with Gasteiger partial charge in [0.25, 0.3) is 0 Å². The molecule has 2 aromatic carbocycles. The zero-order valence-electron chi connectivity index (χ0n) is 22.0. The Balaban J connectivity index is 1.49. The van der Waals surface area contributed by atoms with E-state index in [2.05, 4.69) is 30.7 Å². The quantitative estimate of drug-likeness (QED) is 0.160. The molecular formula is C31H40N2O3. The molecule has 0 N–H and O–H groups in total. The lowest BCUT2D eigenvalue weighted by Crippen LogP contribution is -2.06. The summed E-state index contributed by atoms with van der Waals surface area (Å²) in [7, 11) is 0. The molecule has 1 aromatic heterocycles. The predicted octanol–water partition coefficient (Wildman–Crippen LogP) is 8.14. The molecule has 36 heavy (non-hydrogen) atoms. The van der Waals surface area contributed by atoms with E-state index < -0.39 is 0 Å². The number of aromatic nitrogens is 2. The fourth-order valence-electron chi connectivity index (χ4n) is 3.92. The van der Waals surface area contributed by atoms with E-state index in [0.717, 1.165) is 41.9 Å². The minimum absolute atomic E-state index is 0.258. The number of carbonyl (C=O) groups is 1. The van der Waals surface area contributed by atoms with Crippen molar-refractivity contribution in [3.63, 3.8) is 0 Å². The molecular weight excluding hydrogens is 448 g/mol. The highest BCUT2D eigenvalue weighted by Crippen LogP contribution is 2.24. The monoisotopic (exact) mass is 488 g/mol. The SMILES string of the molecule is CCCCCCOc1cnc(-c2ccc(-c3ccc(C(=O)OCCCC[C@@H](C)CC)cc3)cc2)nc1. The first kappa shape index (κ1) is 27.4. The van der Waals surface area contributed by atoms with Crippen LogP contribution in [-0.2, 0) is 4.74 Å².